The minimum Gasteiger partial charge on any atom is -0.490 e. The third-order valence-corrected chi connectivity index (χ3v) is 2.34. The number of anilines is 1. The lowest BCUT2D eigenvalue weighted by molar-refractivity contribution is 0.321. The predicted octanol–water partition coefficient (Wildman–Crippen LogP) is 3.60. The molecule has 0 aromatic heterocycles. The molecule has 0 radical (unpaired) electrons. The summed E-state index contributed by atoms with van der Waals surface area (Å²) >= 11 is 0. The molecule has 0 spiro atoms. The van der Waals surface area contributed by atoms with E-state index in [1.807, 2.05) is 19.1 Å². The highest BCUT2D eigenvalue weighted by Gasteiger charge is 2.08. The predicted molar refractivity (Wildman–Crippen MR) is 68.5 cm³/mol. The average molecular weight is 247 g/mol. The Kier molecular flexibility index (Phi) is 3.67. The van der Waals surface area contributed by atoms with Crippen molar-refractivity contribution in [3.8, 4) is 17.2 Å². The Morgan fingerprint density at radius 2 is 1.78 bits per heavy atom. The Bertz CT molecular complexity index is 543. The van der Waals surface area contributed by atoms with Crippen LogP contribution in [-0.4, -0.2) is 6.61 Å². The molecule has 0 aliphatic carbocycles. The number of hydrogen-bond donors (Lipinski definition) is 1. The number of nitrogen functional groups attached to an aromatic ring is 1. The fraction of sp³-hybridized carbons (Fsp3) is 0.143. The molecule has 0 unspecified atom stereocenters. The van der Waals surface area contributed by atoms with Gasteiger partial charge in [-0.15, -0.1) is 0 Å². The number of nitrogens with two attached hydrogens (primary N) is 1. The fourth-order valence-electron chi connectivity index (χ4n) is 1.54. The standard InChI is InChI=1S/C14H14FNO2/c1-2-17-13-5-3-4-6-14(13)18-12-8-7-10(15)9-11(12)16/h3-9H,2,16H2,1H3. The molecule has 0 bridgehead atoms. The van der Waals surface area contributed by atoms with Gasteiger partial charge in [-0.05, 0) is 31.2 Å². The first-order valence-corrected chi connectivity index (χ1v) is 5.65. The molecule has 2 rings (SSSR count). The summed E-state index contributed by atoms with van der Waals surface area (Å²) in [6.07, 6.45) is 0. The largest absolute Gasteiger partial charge is 0.490 e. The number of rotatable bonds is 4. The van der Waals surface area contributed by atoms with E-state index in [2.05, 4.69) is 0 Å². The van der Waals surface area contributed by atoms with Gasteiger partial charge in [-0.25, -0.2) is 4.39 Å². The quantitative estimate of drug-likeness (QED) is 0.839. The first-order chi connectivity index (χ1) is 8.70. The van der Waals surface area contributed by atoms with Crippen molar-refractivity contribution in [1.29, 1.82) is 0 Å². The van der Waals surface area contributed by atoms with Crippen LogP contribution >= 0.6 is 0 Å². The van der Waals surface area contributed by atoms with Crippen LogP contribution in [0.2, 0.25) is 0 Å². The first kappa shape index (κ1) is 12.2. The summed E-state index contributed by atoms with van der Waals surface area (Å²) in [6, 6.07) is 11.3. The van der Waals surface area contributed by atoms with Crippen molar-refractivity contribution in [2.45, 2.75) is 6.92 Å². The molecule has 0 fully saturated rings. The van der Waals surface area contributed by atoms with E-state index in [0.717, 1.165) is 0 Å². The molecule has 4 heteroatoms. The van der Waals surface area contributed by atoms with Crippen LogP contribution in [0.3, 0.4) is 0 Å². The van der Waals surface area contributed by atoms with E-state index in [-0.39, 0.29) is 5.69 Å². The van der Waals surface area contributed by atoms with Crippen LogP contribution in [0.1, 0.15) is 6.92 Å². The molecule has 2 aromatic carbocycles. The maximum absolute atomic E-state index is 12.9. The molecule has 0 aliphatic rings. The highest BCUT2D eigenvalue weighted by atomic mass is 19.1. The van der Waals surface area contributed by atoms with Crippen LogP contribution in [0.15, 0.2) is 42.5 Å². The Labute approximate surface area is 105 Å². The number of halogens is 1. The maximum atomic E-state index is 12.9. The molecular formula is C14H14FNO2. The van der Waals surface area contributed by atoms with Crippen molar-refractivity contribution in [3.05, 3.63) is 48.3 Å². The smallest absolute Gasteiger partial charge is 0.169 e. The monoisotopic (exact) mass is 247 g/mol. The van der Waals surface area contributed by atoms with Gasteiger partial charge in [-0.3, -0.25) is 0 Å². The molecule has 18 heavy (non-hydrogen) atoms. The maximum Gasteiger partial charge on any atom is 0.169 e. The van der Waals surface area contributed by atoms with Crippen molar-refractivity contribution in [1.82, 2.24) is 0 Å². The lowest BCUT2D eigenvalue weighted by Crippen LogP contribution is -1.97. The zero-order valence-electron chi connectivity index (χ0n) is 10.0. The van der Waals surface area contributed by atoms with E-state index in [1.54, 1.807) is 12.1 Å². The second-order valence-corrected chi connectivity index (χ2v) is 3.66. The van der Waals surface area contributed by atoms with Gasteiger partial charge in [0.2, 0.25) is 0 Å². The molecule has 0 atom stereocenters. The topological polar surface area (TPSA) is 44.5 Å². The Hall–Kier alpha value is -2.23. The van der Waals surface area contributed by atoms with E-state index >= 15 is 0 Å². The molecule has 2 N–H and O–H groups in total. The number of ether oxygens (including phenoxy) is 2. The molecule has 2 aromatic rings. The fourth-order valence-corrected chi connectivity index (χ4v) is 1.54. The third kappa shape index (κ3) is 2.71. The van der Waals surface area contributed by atoms with Gasteiger partial charge in [-0.2, -0.15) is 0 Å². The Balaban J connectivity index is 2.28. The first-order valence-electron chi connectivity index (χ1n) is 5.65. The molecule has 0 saturated carbocycles. The van der Waals surface area contributed by atoms with Gasteiger partial charge >= 0.3 is 0 Å². The van der Waals surface area contributed by atoms with Crippen molar-refractivity contribution >= 4 is 5.69 Å². The minimum absolute atomic E-state index is 0.251. The summed E-state index contributed by atoms with van der Waals surface area (Å²) < 4.78 is 24.0. The second kappa shape index (κ2) is 5.40. The number of para-hydroxylation sites is 2. The van der Waals surface area contributed by atoms with Gasteiger partial charge in [0.25, 0.3) is 0 Å². The summed E-state index contributed by atoms with van der Waals surface area (Å²) in [6.45, 7) is 2.43. The molecule has 0 aliphatic heterocycles. The van der Waals surface area contributed by atoms with Crippen molar-refractivity contribution in [2.24, 2.45) is 0 Å². The van der Waals surface area contributed by atoms with Crippen LogP contribution in [0, 0.1) is 5.82 Å². The highest BCUT2D eigenvalue weighted by Crippen LogP contribution is 2.34. The van der Waals surface area contributed by atoms with E-state index in [0.29, 0.717) is 23.9 Å². The van der Waals surface area contributed by atoms with E-state index in [9.17, 15) is 4.39 Å². The molecule has 0 saturated heterocycles. The van der Waals surface area contributed by atoms with Crippen LogP contribution in [0.5, 0.6) is 17.2 Å². The minimum atomic E-state index is -0.391. The zero-order valence-corrected chi connectivity index (χ0v) is 10.0. The lowest BCUT2D eigenvalue weighted by atomic mass is 10.3. The normalized spacial score (nSPS) is 10.1. The van der Waals surface area contributed by atoms with Crippen molar-refractivity contribution in [2.75, 3.05) is 12.3 Å². The SMILES string of the molecule is CCOc1ccccc1Oc1ccc(F)cc1N. The summed E-state index contributed by atoms with van der Waals surface area (Å²) in [7, 11) is 0. The van der Waals surface area contributed by atoms with Crippen molar-refractivity contribution < 1.29 is 13.9 Å². The van der Waals surface area contributed by atoms with Crippen LogP contribution in [0.25, 0.3) is 0 Å². The zero-order chi connectivity index (χ0) is 13.0. The van der Waals surface area contributed by atoms with Gasteiger partial charge in [-0.1, -0.05) is 12.1 Å². The van der Waals surface area contributed by atoms with E-state index < -0.39 is 5.82 Å². The van der Waals surface area contributed by atoms with Crippen LogP contribution in [0.4, 0.5) is 10.1 Å². The molecule has 94 valence electrons. The second-order valence-electron chi connectivity index (χ2n) is 3.66. The summed E-state index contributed by atoms with van der Waals surface area (Å²) in [5.41, 5.74) is 5.94. The molecule has 0 amide bonds. The molecule has 0 heterocycles. The Morgan fingerprint density at radius 1 is 1.06 bits per heavy atom. The van der Waals surface area contributed by atoms with E-state index in [1.165, 1.54) is 18.2 Å². The number of benzene rings is 2. The molecule has 3 nitrogen and oxygen atoms in total. The third-order valence-electron chi connectivity index (χ3n) is 2.34. The van der Waals surface area contributed by atoms with Gasteiger partial charge in [0.1, 0.15) is 5.82 Å². The van der Waals surface area contributed by atoms with Gasteiger partial charge in [0.15, 0.2) is 17.2 Å². The van der Waals surface area contributed by atoms with Gasteiger partial charge in [0, 0.05) is 6.07 Å². The van der Waals surface area contributed by atoms with Crippen LogP contribution in [-0.2, 0) is 0 Å². The summed E-state index contributed by atoms with van der Waals surface area (Å²) in [5, 5.41) is 0. The van der Waals surface area contributed by atoms with Gasteiger partial charge < -0.3 is 15.2 Å². The average Bonchev–Trinajstić information content (AvgIpc) is 2.35. The highest BCUT2D eigenvalue weighted by molar-refractivity contribution is 5.55. The summed E-state index contributed by atoms with van der Waals surface area (Å²) in [4.78, 5) is 0. The Morgan fingerprint density at radius 3 is 2.44 bits per heavy atom. The summed E-state index contributed by atoms with van der Waals surface area (Å²) in [5.74, 6) is 1.20. The molecular weight excluding hydrogens is 233 g/mol. The van der Waals surface area contributed by atoms with Crippen LogP contribution < -0.4 is 15.2 Å². The van der Waals surface area contributed by atoms with Gasteiger partial charge in [0.05, 0.1) is 12.3 Å². The van der Waals surface area contributed by atoms with E-state index in [4.69, 9.17) is 15.2 Å². The number of hydrogen-bond acceptors (Lipinski definition) is 3. The van der Waals surface area contributed by atoms with Crippen molar-refractivity contribution in [3.63, 3.8) is 0 Å². The lowest BCUT2D eigenvalue weighted by Gasteiger charge is -2.12.